The van der Waals surface area contributed by atoms with Gasteiger partial charge in [-0.15, -0.1) is 0 Å². The molecule has 2 N–H and O–H groups in total. The van der Waals surface area contributed by atoms with E-state index in [1.165, 1.54) is 0 Å². The second kappa shape index (κ2) is 35.3. The van der Waals surface area contributed by atoms with Crippen LogP contribution in [0.15, 0.2) is 18.2 Å². The molecule has 0 bridgehead atoms. The number of carbonyl (C=O) groups is 4. The van der Waals surface area contributed by atoms with E-state index in [1.54, 1.807) is 6.07 Å². The molecule has 1 aromatic carbocycles. The SMILES string of the molecule is CCCCCCCC(=O)OC[C@@H](CCOc1cc(CN(C)C)cc(OCCC(CC(CCCCCC)C(=O)O)[C@@H](CCCCCC)C(=O)O)c1)OC(=O)CCCCCCC. The van der Waals surface area contributed by atoms with E-state index in [1.807, 2.05) is 31.1 Å². The van der Waals surface area contributed by atoms with Gasteiger partial charge in [0.1, 0.15) is 24.2 Å². The van der Waals surface area contributed by atoms with Gasteiger partial charge in [0.05, 0.1) is 25.0 Å². The van der Waals surface area contributed by atoms with Crippen LogP contribution in [-0.4, -0.2) is 79.0 Å². The zero-order chi connectivity index (χ0) is 44.4. The fraction of sp³-hybridized carbons (Fsp3) is 0.796. The van der Waals surface area contributed by atoms with E-state index in [4.69, 9.17) is 18.9 Å². The quantitative estimate of drug-likeness (QED) is 0.0480. The molecule has 0 radical (unpaired) electrons. The molecule has 11 heteroatoms. The number of aliphatic carboxylic acids is 2. The Balaban J connectivity index is 3.11. The molecule has 0 fully saturated rings. The highest BCUT2D eigenvalue weighted by atomic mass is 16.6. The van der Waals surface area contributed by atoms with Crippen LogP contribution >= 0.6 is 0 Å². The lowest BCUT2D eigenvalue weighted by Gasteiger charge is -2.27. The summed E-state index contributed by atoms with van der Waals surface area (Å²) in [4.78, 5) is 52.4. The summed E-state index contributed by atoms with van der Waals surface area (Å²) in [6.45, 7) is 9.60. The van der Waals surface area contributed by atoms with Gasteiger partial charge in [-0.2, -0.15) is 0 Å². The lowest BCUT2D eigenvalue weighted by molar-refractivity contribution is -0.160. The summed E-state index contributed by atoms with van der Waals surface area (Å²) in [5, 5.41) is 20.5. The summed E-state index contributed by atoms with van der Waals surface area (Å²) in [5.41, 5.74) is 0.959. The molecular weight excluding hydrogens is 763 g/mol. The number of carbonyl (C=O) groups excluding carboxylic acids is 2. The molecule has 346 valence electrons. The van der Waals surface area contributed by atoms with Gasteiger partial charge >= 0.3 is 23.9 Å². The van der Waals surface area contributed by atoms with Crippen LogP contribution in [-0.2, 0) is 35.2 Å². The second-order valence-electron chi connectivity index (χ2n) is 17.1. The number of esters is 2. The molecule has 0 spiro atoms. The van der Waals surface area contributed by atoms with Gasteiger partial charge in [-0.05, 0) is 76.2 Å². The first-order valence-electron chi connectivity index (χ1n) is 23.8. The van der Waals surface area contributed by atoms with Crippen LogP contribution < -0.4 is 9.47 Å². The Hall–Kier alpha value is -3.34. The fourth-order valence-corrected chi connectivity index (χ4v) is 7.68. The van der Waals surface area contributed by atoms with E-state index in [2.05, 4.69) is 27.7 Å². The van der Waals surface area contributed by atoms with Crippen molar-refractivity contribution in [3.8, 4) is 11.5 Å². The van der Waals surface area contributed by atoms with Crippen molar-refractivity contribution in [2.75, 3.05) is 33.9 Å². The van der Waals surface area contributed by atoms with Crippen molar-refractivity contribution in [2.45, 2.75) is 201 Å². The van der Waals surface area contributed by atoms with Crippen molar-refractivity contribution in [1.82, 2.24) is 4.90 Å². The van der Waals surface area contributed by atoms with Crippen LogP contribution in [0.5, 0.6) is 11.5 Å². The largest absolute Gasteiger partial charge is 0.493 e. The third kappa shape index (κ3) is 27.5. The molecule has 0 heterocycles. The zero-order valence-electron chi connectivity index (χ0n) is 38.7. The summed E-state index contributed by atoms with van der Waals surface area (Å²) in [7, 11) is 3.95. The van der Waals surface area contributed by atoms with Crippen molar-refractivity contribution in [3.05, 3.63) is 23.8 Å². The Morgan fingerprint density at radius 1 is 0.583 bits per heavy atom. The summed E-state index contributed by atoms with van der Waals surface area (Å²) in [6, 6.07) is 5.69. The molecule has 0 amide bonds. The normalized spacial score (nSPS) is 13.4. The maximum Gasteiger partial charge on any atom is 0.306 e. The summed E-state index contributed by atoms with van der Waals surface area (Å²) in [6.07, 6.45) is 20.1. The number of ether oxygens (including phenoxy) is 4. The van der Waals surface area contributed by atoms with E-state index >= 15 is 0 Å². The molecule has 60 heavy (non-hydrogen) atoms. The summed E-state index contributed by atoms with van der Waals surface area (Å²) < 4.78 is 24.0. The van der Waals surface area contributed by atoms with Gasteiger partial charge in [-0.25, -0.2) is 0 Å². The number of nitrogens with zero attached hydrogens (tertiary/aromatic N) is 1. The first-order valence-corrected chi connectivity index (χ1v) is 23.8. The molecule has 2 unspecified atom stereocenters. The van der Waals surface area contributed by atoms with Gasteiger partial charge in [0.25, 0.3) is 0 Å². The topological polar surface area (TPSA) is 149 Å². The molecule has 4 atom stereocenters. The smallest absolute Gasteiger partial charge is 0.306 e. The predicted octanol–water partition coefficient (Wildman–Crippen LogP) is 11.8. The van der Waals surface area contributed by atoms with Gasteiger partial charge in [0.15, 0.2) is 0 Å². The van der Waals surface area contributed by atoms with Crippen LogP contribution in [0.3, 0.4) is 0 Å². The van der Waals surface area contributed by atoms with E-state index in [9.17, 15) is 29.4 Å². The maximum absolute atomic E-state index is 12.8. The third-order valence-corrected chi connectivity index (χ3v) is 11.2. The minimum absolute atomic E-state index is 0.0215. The number of benzene rings is 1. The predicted molar refractivity (Wildman–Crippen MR) is 240 cm³/mol. The molecule has 0 saturated carbocycles. The summed E-state index contributed by atoms with van der Waals surface area (Å²) in [5.74, 6) is -2.76. The Morgan fingerprint density at radius 3 is 1.60 bits per heavy atom. The van der Waals surface area contributed by atoms with Gasteiger partial charge < -0.3 is 34.1 Å². The number of hydrogen-bond donors (Lipinski definition) is 2. The van der Waals surface area contributed by atoms with Crippen LogP contribution in [0.2, 0.25) is 0 Å². The molecule has 0 aliphatic heterocycles. The van der Waals surface area contributed by atoms with E-state index in [-0.39, 0.29) is 37.7 Å². The standard InChI is InChI=1S/C49H85NO10/c1-7-11-15-19-23-27-46(51)59-38-42(60-47(52)28-24-20-16-12-8-2)30-32-58-44-34-39(37-50(5)6)33-43(36-44)57-31-29-40(45(49(55)56)26-22-18-14-10-4)35-41(48(53)54)25-21-17-13-9-3/h33-34,36,40-42,45H,7-32,35,37-38H2,1-6H3,(H,53,54)(H,55,56)/t40?,41?,42-,45-/m1/s1. The Kier molecular flexibility index (Phi) is 32.1. The van der Waals surface area contributed by atoms with Crippen LogP contribution in [0, 0.1) is 17.8 Å². The van der Waals surface area contributed by atoms with Gasteiger partial charge in [-0.1, -0.05) is 130 Å². The lowest BCUT2D eigenvalue weighted by Crippen LogP contribution is -2.29. The van der Waals surface area contributed by atoms with E-state index < -0.39 is 29.9 Å². The average molecular weight is 848 g/mol. The fourth-order valence-electron chi connectivity index (χ4n) is 7.68. The number of carboxylic acids is 2. The van der Waals surface area contributed by atoms with Gasteiger partial charge in [0.2, 0.25) is 0 Å². The first-order chi connectivity index (χ1) is 28.9. The Labute approximate surface area is 364 Å². The van der Waals surface area contributed by atoms with Crippen molar-refractivity contribution in [3.63, 3.8) is 0 Å². The molecule has 0 saturated heterocycles. The van der Waals surface area contributed by atoms with Crippen LogP contribution in [0.4, 0.5) is 0 Å². The number of unbranched alkanes of at least 4 members (excludes halogenated alkanes) is 14. The molecular formula is C49H85NO10. The number of hydrogen-bond acceptors (Lipinski definition) is 9. The number of rotatable bonds is 40. The monoisotopic (exact) mass is 848 g/mol. The molecule has 1 rings (SSSR count). The minimum atomic E-state index is -0.872. The van der Waals surface area contributed by atoms with Gasteiger partial charge in [0, 0.05) is 31.9 Å². The maximum atomic E-state index is 12.8. The molecule has 0 aromatic heterocycles. The van der Waals surface area contributed by atoms with Crippen LogP contribution in [0.1, 0.15) is 194 Å². The summed E-state index contributed by atoms with van der Waals surface area (Å²) >= 11 is 0. The first kappa shape index (κ1) is 54.7. The Morgan fingerprint density at radius 2 is 1.08 bits per heavy atom. The van der Waals surface area contributed by atoms with E-state index in [0.717, 1.165) is 121 Å². The van der Waals surface area contributed by atoms with E-state index in [0.29, 0.717) is 63.0 Å². The minimum Gasteiger partial charge on any atom is -0.493 e. The van der Waals surface area contributed by atoms with Crippen LogP contribution in [0.25, 0.3) is 0 Å². The highest BCUT2D eigenvalue weighted by Gasteiger charge is 2.32. The zero-order valence-corrected chi connectivity index (χ0v) is 38.7. The molecule has 0 aliphatic carbocycles. The molecule has 11 nitrogen and oxygen atoms in total. The molecule has 1 aromatic rings. The van der Waals surface area contributed by atoms with Crippen molar-refractivity contribution >= 4 is 23.9 Å². The Bertz CT molecular complexity index is 1290. The highest BCUT2D eigenvalue weighted by Crippen LogP contribution is 2.32. The molecule has 0 aliphatic rings. The highest BCUT2D eigenvalue weighted by molar-refractivity contribution is 5.72. The van der Waals surface area contributed by atoms with Crippen molar-refractivity contribution < 1.29 is 48.3 Å². The average Bonchev–Trinajstić information content (AvgIpc) is 3.19. The second-order valence-corrected chi connectivity index (χ2v) is 17.1. The number of carboxylic acid groups (broad SMARTS) is 2. The lowest BCUT2D eigenvalue weighted by atomic mass is 9.78. The van der Waals surface area contributed by atoms with Crippen molar-refractivity contribution in [2.24, 2.45) is 17.8 Å². The van der Waals surface area contributed by atoms with Crippen molar-refractivity contribution in [1.29, 1.82) is 0 Å². The van der Waals surface area contributed by atoms with Gasteiger partial charge in [-0.3, -0.25) is 19.2 Å². The third-order valence-electron chi connectivity index (χ3n) is 11.2.